The molecule has 3 rings (SSSR count). The number of nitrogens with zero attached hydrogens (tertiary/aromatic N) is 2. The minimum atomic E-state index is -0.0803. The molecular weight excluding hydrogens is 334 g/mol. The fraction of sp³-hybridized carbons (Fsp3) is 0.400. The van der Waals surface area contributed by atoms with E-state index in [1.54, 1.807) is 0 Å². The second-order valence-electron chi connectivity index (χ2n) is 5.45. The molecule has 1 fully saturated rings. The Morgan fingerprint density at radius 1 is 1.38 bits per heavy atom. The van der Waals surface area contributed by atoms with Crippen LogP contribution in [-0.4, -0.2) is 54.3 Å². The van der Waals surface area contributed by atoms with Crippen molar-refractivity contribution in [1.29, 1.82) is 0 Å². The molecule has 1 saturated heterocycles. The summed E-state index contributed by atoms with van der Waals surface area (Å²) >= 11 is 3.50. The molecule has 0 radical (unpaired) electrons. The minimum Gasteiger partial charge on any atom is -0.395 e. The standard InChI is InChI=1S/C15H18BrN3O2/c1-18-5-6-19(8-10(18)9-20)14-7-12-11(15(21)17-14)3-2-4-13(12)16/h2-4,7,10,20H,5-6,8-9H2,1H3,(H,17,21). The number of anilines is 1. The molecule has 2 heterocycles. The second-order valence-corrected chi connectivity index (χ2v) is 6.30. The predicted octanol–water partition coefficient (Wildman–Crippen LogP) is 1.40. The van der Waals surface area contributed by atoms with Crippen LogP contribution < -0.4 is 10.5 Å². The van der Waals surface area contributed by atoms with E-state index in [4.69, 9.17) is 0 Å². The summed E-state index contributed by atoms with van der Waals surface area (Å²) in [5.41, 5.74) is -0.0803. The Bertz CT molecular complexity index is 716. The number of benzene rings is 1. The van der Waals surface area contributed by atoms with Crippen LogP contribution in [0.25, 0.3) is 10.8 Å². The molecule has 1 aromatic heterocycles. The zero-order valence-electron chi connectivity index (χ0n) is 11.8. The fourth-order valence-electron chi connectivity index (χ4n) is 2.77. The molecule has 5 nitrogen and oxygen atoms in total. The monoisotopic (exact) mass is 351 g/mol. The van der Waals surface area contributed by atoms with E-state index < -0.39 is 0 Å². The van der Waals surface area contributed by atoms with Gasteiger partial charge in [-0.1, -0.05) is 22.0 Å². The van der Waals surface area contributed by atoms with Crippen molar-refractivity contribution in [3.05, 3.63) is 39.1 Å². The van der Waals surface area contributed by atoms with E-state index in [1.165, 1.54) is 0 Å². The van der Waals surface area contributed by atoms with Gasteiger partial charge < -0.3 is 15.0 Å². The highest BCUT2D eigenvalue weighted by atomic mass is 79.9. The van der Waals surface area contributed by atoms with Crippen LogP contribution in [0, 0.1) is 0 Å². The smallest absolute Gasteiger partial charge is 0.257 e. The molecule has 2 aromatic rings. The lowest BCUT2D eigenvalue weighted by Crippen LogP contribution is -2.53. The highest BCUT2D eigenvalue weighted by molar-refractivity contribution is 9.10. The molecule has 1 aliphatic rings. The average Bonchev–Trinajstić information content (AvgIpc) is 2.48. The third-order valence-corrected chi connectivity index (χ3v) is 4.84. The van der Waals surface area contributed by atoms with Gasteiger partial charge in [0.25, 0.3) is 5.56 Å². The van der Waals surface area contributed by atoms with Crippen molar-refractivity contribution in [2.24, 2.45) is 0 Å². The lowest BCUT2D eigenvalue weighted by Gasteiger charge is -2.39. The number of likely N-dealkylation sites (N-methyl/N-ethyl adjacent to an activating group) is 1. The van der Waals surface area contributed by atoms with E-state index >= 15 is 0 Å². The number of hydrogen-bond donors (Lipinski definition) is 2. The number of aliphatic hydroxyl groups excluding tert-OH is 1. The van der Waals surface area contributed by atoms with Gasteiger partial charge in [0.1, 0.15) is 5.82 Å². The van der Waals surface area contributed by atoms with E-state index in [1.807, 2.05) is 31.3 Å². The van der Waals surface area contributed by atoms with Gasteiger partial charge in [0.2, 0.25) is 0 Å². The maximum absolute atomic E-state index is 12.2. The van der Waals surface area contributed by atoms with Gasteiger partial charge in [0, 0.05) is 34.9 Å². The summed E-state index contributed by atoms with van der Waals surface area (Å²) in [5, 5.41) is 11.0. The van der Waals surface area contributed by atoms with Crippen molar-refractivity contribution < 1.29 is 5.11 Å². The van der Waals surface area contributed by atoms with Crippen molar-refractivity contribution in [2.45, 2.75) is 6.04 Å². The molecule has 6 heteroatoms. The highest BCUT2D eigenvalue weighted by Gasteiger charge is 2.24. The van der Waals surface area contributed by atoms with Gasteiger partial charge in [-0.05, 0) is 25.2 Å². The summed E-state index contributed by atoms with van der Waals surface area (Å²) in [5.74, 6) is 0.811. The predicted molar refractivity (Wildman–Crippen MR) is 88.0 cm³/mol. The number of hydrogen-bond acceptors (Lipinski definition) is 4. The minimum absolute atomic E-state index is 0.0803. The molecule has 0 saturated carbocycles. The molecule has 112 valence electrons. The van der Waals surface area contributed by atoms with Gasteiger partial charge in [-0.3, -0.25) is 9.69 Å². The summed E-state index contributed by atoms with van der Waals surface area (Å²) in [6.07, 6.45) is 0. The molecule has 0 aliphatic carbocycles. The van der Waals surface area contributed by atoms with Crippen LogP contribution in [0.15, 0.2) is 33.5 Å². The molecule has 1 unspecified atom stereocenters. The number of piperazine rings is 1. The first-order valence-electron chi connectivity index (χ1n) is 6.97. The van der Waals surface area contributed by atoms with Crippen molar-refractivity contribution in [3.8, 4) is 0 Å². The Hall–Kier alpha value is -1.37. The normalized spacial score (nSPS) is 20.1. The topological polar surface area (TPSA) is 59.6 Å². The zero-order valence-corrected chi connectivity index (χ0v) is 13.4. The first-order valence-corrected chi connectivity index (χ1v) is 7.77. The first-order chi connectivity index (χ1) is 10.1. The molecule has 1 atom stereocenters. The van der Waals surface area contributed by atoms with Crippen LogP contribution in [0.5, 0.6) is 0 Å². The summed E-state index contributed by atoms with van der Waals surface area (Å²) in [6.45, 7) is 2.52. The van der Waals surface area contributed by atoms with Crippen molar-refractivity contribution in [3.63, 3.8) is 0 Å². The van der Waals surface area contributed by atoms with E-state index in [0.717, 1.165) is 28.8 Å². The lowest BCUT2D eigenvalue weighted by atomic mass is 10.1. The lowest BCUT2D eigenvalue weighted by molar-refractivity contribution is 0.135. The van der Waals surface area contributed by atoms with E-state index in [9.17, 15) is 9.90 Å². The highest BCUT2D eigenvalue weighted by Crippen LogP contribution is 2.25. The average molecular weight is 352 g/mol. The third kappa shape index (κ3) is 2.71. The fourth-order valence-corrected chi connectivity index (χ4v) is 3.25. The summed E-state index contributed by atoms with van der Waals surface area (Å²) in [4.78, 5) is 19.5. The maximum Gasteiger partial charge on any atom is 0.257 e. The number of halogens is 1. The van der Waals surface area contributed by atoms with Gasteiger partial charge in [0.05, 0.1) is 12.6 Å². The van der Waals surface area contributed by atoms with Gasteiger partial charge in [0.15, 0.2) is 0 Å². The van der Waals surface area contributed by atoms with E-state index in [-0.39, 0.29) is 18.2 Å². The second kappa shape index (κ2) is 5.79. The van der Waals surface area contributed by atoms with Gasteiger partial charge in [-0.2, -0.15) is 0 Å². The first kappa shape index (κ1) is 14.6. The molecule has 0 bridgehead atoms. The summed E-state index contributed by atoms with van der Waals surface area (Å²) < 4.78 is 0.917. The number of aliphatic hydroxyl groups is 1. The molecular formula is C15H18BrN3O2. The Morgan fingerprint density at radius 2 is 2.19 bits per heavy atom. The largest absolute Gasteiger partial charge is 0.395 e. The molecule has 0 spiro atoms. The zero-order chi connectivity index (χ0) is 15.0. The van der Waals surface area contributed by atoms with Crippen LogP contribution in [0.2, 0.25) is 0 Å². The maximum atomic E-state index is 12.2. The Balaban J connectivity index is 2.01. The number of H-pyrrole nitrogens is 1. The van der Waals surface area contributed by atoms with Crippen molar-refractivity contribution >= 4 is 32.5 Å². The van der Waals surface area contributed by atoms with Crippen LogP contribution in [0.3, 0.4) is 0 Å². The molecule has 0 amide bonds. The molecule has 21 heavy (non-hydrogen) atoms. The number of aromatic amines is 1. The van der Waals surface area contributed by atoms with Crippen molar-refractivity contribution in [1.82, 2.24) is 9.88 Å². The van der Waals surface area contributed by atoms with Crippen molar-refractivity contribution in [2.75, 3.05) is 38.2 Å². The van der Waals surface area contributed by atoms with Crippen LogP contribution in [0.4, 0.5) is 5.82 Å². The van der Waals surface area contributed by atoms with Crippen LogP contribution in [0.1, 0.15) is 0 Å². The van der Waals surface area contributed by atoms with Gasteiger partial charge >= 0.3 is 0 Å². The Kier molecular flexibility index (Phi) is 4.01. The summed E-state index contributed by atoms with van der Waals surface area (Å²) in [7, 11) is 2.01. The number of fused-ring (bicyclic) bond motifs is 1. The Morgan fingerprint density at radius 3 is 2.95 bits per heavy atom. The molecule has 1 aliphatic heterocycles. The van der Waals surface area contributed by atoms with Crippen LogP contribution >= 0.6 is 15.9 Å². The van der Waals surface area contributed by atoms with Gasteiger partial charge in [-0.15, -0.1) is 0 Å². The van der Waals surface area contributed by atoms with Crippen LogP contribution in [-0.2, 0) is 0 Å². The van der Waals surface area contributed by atoms with E-state index in [2.05, 4.69) is 30.7 Å². The number of aromatic nitrogens is 1. The van der Waals surface area contributed by atoms with E-state index in [0.29, 0.717) is 11.9 Å². The summed E-state index contributed by atoms with van der Waals surface area (Å²) in [6, 6.07) is 7.71. The third-order valence-electron chi connectivity index (χ3n) is 4.15. The number of nitrogens with one attached hydrogen (secondary N) is 1. The Labute approximate surface area is 131 Å². The molecule has 1 aromatic carbocycles. The number of rotatable bonds is 2. The number of pyridine rings is 1. The quantitative estimate of drug-likeness (QED) is 0.858. The van der Waals surface area contributed by atoms with Gasteiger partial charge in [-0.25, -0.2) is 0 Å². The molecule has 2 N–H and O–H groups in total. The SMILES string of the molecule is CN1CCN(c2cc3c(Br)cccc3c(=O)[nH]2)CC1CO.